The normalized spacial score (nSPS) is 11.1. The average molecular weight is 272 g/mol. The number of nitrogens with zero attached hydrogens (tertiary/aromatic N) is 2. The summed E-state index contributed by atoms with van der Waals surface area (Å²) in [6, 6.07) is 14.2. The van der Waals surface area contributed by atoms with Crippen molar-refractivity contribution in [3.63, 3.8) is 0 Å². The summed E-state index contributed by atoms with van der Waals surface area (Å²) < 4.78 is 5.41. The molecule has 1 aromatic carbocycles. The quantitative estimate of drug-likeness (QED) is 0.829. The lowest BCUT2D eigenvalue weighted by molar-refractivity contribution is 0.406. The van der Waals surface area contributed by atoms with E-state index in [1.165, 1.54) is 0 Å². The predicted octanol–water partition coefficient (Wildman–Crippen LogP) is 4.31. The van der Waals surface area contributed by atoms with E-state index in [-0.39, 0.29) is 6.04 Å². The fourth-order valence-corrected chi connectivity index (χ4v) is 1.98. The molecule has 1 atom stereocenters. The second-order valence-electron chi connectivity index (χ2n) is 4.22. The fourth-order valence-electron chi connectivity index (χ4n) is 1.98. The van der Waals surface area contributed by atoms with Gasteiger partial charge in [-0.05, 0) is 25.1 Å². The van der Waals surface area contributed by atoms with Crippen LogP contribution in [0.2, 0.25) is 0 Å². The largest absolute Gasteiger partial charge is 0.496 e. The second-order valence-corrected chi connectivity index (χ2v) is 4.22. The smallest absolute Gasteiger partial charge is 0.128 e. The van der Waals surface area contributed by atoms with Crippen molar-refractivity contribution in [1.82, 2.24) is 4.98 Å². The number of hydrogen-bond acceptors (Lipinski definition) is 3. The number of aromatic nitrogens is 1. The topological polar surface area (TPSA) is 25.4 Å². The lowest BCUT2D eigenvalue weighted by Crippen LogP contribution is -2.22. The minimum atomic E-state index is 0.205. The molecule has 0 spiro atoms. The Morgan fingerprint density at radius 1 is 1.05 bits per heavy atom. The molecule has 1 heterocycles. The minimum Gasteiger partial charge on any atom is -0.496 e. The van der Waals surface area contributed by atoms with Crippen LogP contribution in [0, 0.1) is 0 Å². The molecule has 0 radical (unpaired) electrons. The number of anilines is 1. The Labute approximate surface area is 122 Å². The van der Waals surface area contributed by atoms with Gasteiger partial charge in [0, 0.05) is 18.8 Å². The molecular weight excluding hydrogens is 248 g/mol. The van der Waals surface area contributed by atoms with Crippen LogP contribution in [0.15, 0.2) is 48.7 Å². The molecule has 0 saturated carbocycles. The van der Waals surface area contributed by atoms with Crippen molar-refractivity contribution in [2.24, 2.45) is 0 Å². The summed E-state index contributed by atoms with van der Waals surface area (Å²) in [4.78, 5) is 6.50. The summed E-state index contributed by atoms with van der Waals surface area (Å²) in [5, 5.41) is 0. The number of rotatable bonds is 4. The molecule has 2 rings (SSSR count). The third-order valence-electron chi connectivity index (χ3n) is 3.18. The van der Waals surface area contributed by atoms with Crippen molar-refractivity contribution in [3.05, 3.63) is 54.2 Å². The number of ether oxygens (including phenoxy) is 1. The summed E-state index contributed by atoms with van der Waals surface area (Å²) in [6.07, 6.45) is 1.81. The van der Waals surface area contributed by atoms with E-state index in [9.17, 15) is 0 Å². The van der Waals surface area contributed by atoms with E-state index in [1.54, 1.807) is 13.3 Å². The number of benzene rings is 1. The molecule has 0 saturated heterocycles. The predicted molar refractivity (Wildman–Crippen MR) is 85.4 cm³/mol. The summed E-state index contributed by atoms with van der Waals surface area (Å²) in [5.74, 6) is 1.86. The standard InChI is InChI=1S/C15H18N2O.C2H6/c1-12(13-8-4-5-9-14(13)18-3)17(2)15-10-6-7-11-16-15;1-2/h4-12H,1-3H3;1-2H3. The molecule has 20 heavy (non-hydrogen) atoms. The maximum Gasteiger partial charge on any atom is 0.128 e. The Morgan fingerprint density at radius 3 is 2.30 bits per heavy atom. The zero-order valence-corrected chi connectivity index (χ0v) is 13.0. The highest BCUT2D eigenvalue weighted by Gasteiger charge is 2.16. The third kappa shape index (κ3) is 3.73. The first-order valence-corrected chi connectivity index (χ1v) is 7.01. The van der Waals surface area contributed by atoms with Crippen LogP contribution in [-0.4, -0.2) is 19.1 Å². The summed E-state index contributed by atoms with van der Waals surface area (Å²) in [6.45, 7) is 6.15. The summed E-state index contributed by atoms with van der Waals surface area (Å²) >= 11 is 0. The molecule has 0 N–H and O–H groups in total. The first-order chi connectivity index (χ1) is 9.74. The van der Waals surface area contributed by atoms with Gasteiger partial charge in [-0.3, -0.25) is 0 Å². The van der Waals surface area contributed by atoms with Gasteiger partial charge in [0.15, 0.2) is 0 Å². The number of hydrogen-bond donors (Lipinski definition) is 0. The average Bonchev–Trinajstić information content (AvgIpc) is 2.56. The number of para-hydroxylation sites is 1. The number of methoxy groups -OCH3 is 1. The molecule has 0 amide bonds. The molecule has 3 nitrogen and oxygen atoms in total. The van der Waals surface area contributed by atoms with E-state index in [1.807, 2.05) is 57.3 Å². The van der Waals surface area contributed by atoms with Crippen LogP contribution in [0.1, 0.15) is 32.4 Å². The van der Waals surface area contributed by atoms with Crippen molar-refractivity contribution < 1.29 is 4.74 Å². The minimum absolute atomic E-state index is 0.205. The van der Waals surface area contributed by atoms with E-state index in [2.05, 4.69) is 22.9 Å². The SMILES string of the molecule is CC.COc1ccccc1C(C)N(C)c1ccccn1. The highest BCUT2D eigenvalue weighted by atomic mass is 16.5. The maximum atomic E-state index is 5.41. The van der Waals surface area contributed by atoms with Gasteiger partial charge in [-0.15, -0.1) is 0 Å². The van der Waals surface area contributed by atoms with E-state index in [4.69, 9.17) is 4.74 Å². The molecule has 0 fully saturated rings. The Morgan fingerprint density at radius 2 is 1.70 bits per heavy atom. The molecule has 2 aromatic rings. The van der Waals surface area contributed by atoms with Crippen LogP contribution >= 0.6 is 0 Å². The van der Waals surface area contributed by atoms with Gasteiger partial charge in [0.05, 0.1) is 13.2 Å². The van der Waals surface area contributed by atoms with Crippen LogP contribution in [-0.2, 0) is 0 Å². The summed E-state index contributed by atoms with van der Waals surface area (Å²) in [7, 11) is 3.74. The summed E-state index contributed by atoms with van der Waals surface area (Å²) in [5.41, 5.74) is 1.16. The van der Waals surface area contributed by atoms with Crippen molar-refractivity contribution in [3.8, 4) is 5.75 Å². The zero-order chi connectivity index (χ0) is 15.0. The molecule has 1 unspecified atom stereocenters. The van der Waals surface area contributed by atoms with E-state index < -0.39 is 0 Å². The van der Waals surface area contributed by atoms with Crippen molar-refractivity contribution in [2.75, 3.05) is 19.1 Å². The van der Waals surface area contributed by atoms with Gasteiger partial charge in [-0.25, -0.2) is 4.98 Å². The van der Waals surface area contributed by atoms with E-state index >= 15 is 0 Å². The second kappa shape index (κ2) is 8.20. The molecule has 3 heteroatoms. The van der Waals surface area contributed by atoms with E-state index in [0.29, 0.717) is 0 Å². The van der Waals surface area contributed by atoms with Gasteiger partial charge >= 0.3 is 0 Å². The molecule has 0 aliphatic carbocycles. The first-order valence-electron chi connectivity index (χ1n) is 7.01. The molecular formula is C17H24N2O. The van der Waals surface area contributed by atoms with Crippen LogP contribution in [0.25, 0.3) is 0 Å². The highest BCUT2D eigenvalue weighted by molar-refractivity contribution is 5.44. The van der Waals surface area contributed by atoms with Crippen molar-refractivity contribution in [2.45, 2.75) is 26.8 Å². The van der Waals surface area contributed by atoms with Crippen LogP contribution in [0.5, 0.6) is 5.75 Å². The highest BCUT2D eigenvalue weighted by Crippen LogP contribution is 2.30. The van der Waals surface area contributed by atoms with Gasteiger partial charge < -0.3 is 9.64 Å². The Bertz CT molecular complexity index is 499. The van der Waals surface area contributed by atoms with Crippen molar-refractivity contribution in [1.29, 1.82) is 0 Å². The first kappa shape index (κ1) is 16.0. The Hall–Kier alpha value is -2.03. The van der Waals surface area contributed by atoms with Crippen molar-refractivity contribution >= 4 is 5.82 Å². The van der Waals surface area contributed by atoms with E-state index in [0.717, 1.165) is 17.1 Å². The van der Waals surface area contributed by atoms with Gasteiger partial charge in [-0.1, -0.05) is 38.1 Å². The van der Waals surface area contributed by atoms with Crippen LogP contribution in [0.3, 0.4) is 0 Å². The third-order valence-corrected chi connectivity index (χ3v) is 3.18. The van der Waals surface area contributed by atoms with Gasteiger partial charge in [0.25, 0.3) is 0 Å². The lowest BCUT2D eigenvalue weighted by Gasteiger charge is -2.27. The monoisotopic (exact) mass is 272 g/mol. The van der Waals surface area contributed by atoms with Crippen LogP contribution < -0.4 is 9.64 Å². The van der Waals surface area contributed by atoms with Crippen LogP contribution in [0.4, 0.5) is 5.82 Å². The fraction of sp³-hybridized carbons (Fsp3) is 0.353. The Kier molecular flexibility index (Phi) is 6.57. The molecule has 1 aromatic heterocycles. The molecule has 0 aliphatic heterocycles. The lowest BCUT2D eigenvalue weighted by atomic mass is 10.1. The Balaban J connectivity index is 0.000000956. The van der Waals surface area contributed by atoms with Gasteiger partial charge in [0.2, 0.25) is 0 Å². The van der Waals surface area contributed by atoms with Gasteiger partial charge in [-0.2, -0.15) is 0 Å². The molecule has 0 aliphatic rings. The number of pyridine rings is 1. The molecule has 108 valence electrons. The van der Waals surface area contributed by atoms with Gasteiger partial charge in [0.1, 0.15) is 11.6 Å². The maximum absolute atomic E-state index is 5.41. The molecule has 0 bridgehead atoms. The zero-order valence-electron chi connectivity index (χ0n) is 13.0.